The van der Waals surface area contributed by atoms with Gasteiger partial charge in [0.25, 0.3) is 0 Å². The molecule has 1 atom stereocenters. The monoisotopic (exact) mass is 258 g/mol. The van der Waals surface area contributed by atoms with Gasteiger partial charge in [-0.25, -0.2) is 0 Å². The third-order valence-corrected chi connectivity index (χ3v) is 3.43. The maximum absolute atomic E-state index is 9.56. The Bertz CT molecular complexity index is 207. The molecule has 0 aliphatic heterocycles. The number of hydrogen-bond acceptors (Lipinski definition) is 3. The molecule has 2 N–H and O–H groups in total. The molecule has 0 amide bonds. The van der Waals surface area contributed by atoms with Gasteiger partial charge in [-0.05, 0) is 46.1 Å². The van der Waals surface area contributed by atoms with E-state index >= 15 is 0 Å². The molecule has 0 aromatic heterocycles. The van der Waals surface area contributed by atoms with Crippen LogP contribution in [-0.4, -0.2) is 47.8 Å². The SMILES string of the molecule is CCCNC(C)(CO)CCN(CC(C)C)C(C)C. The molecule has 0 rings (SSSR count). The van der Waals surface area contributed by atoms with Crippen molar-refractivity contribution in [3.63, 3.8) is 0 Å². The predicted octanol–water partition coefficient (Wildman–Crippen LogP) is 2.49. The van der Waals surface area contributed by atoms with Crippen molar-refractivity contribution in [2.75, 3.05) is 26.2 Å². The molecule has 0 aliphatic rings. The summed E-state index contributed by atoms with van der Waals surface area (Å²) in [5.74, 6) is 0.691. The van der Waals surface area contributed by atoms with Crippen molar-refractivity contribution in [3.8, 4) is 0 Å². The standard InChI is InChI=1S/C15H34N2O/c1-7-9-16-15(6,12-18)8-10-17(14(4)5)11-13(2)3/h13-14,16,18H,7-12H2,1-6H3. The first-order chi connectivity index (χ1) is 8.34. The van der Waals surface area contributed by atoms with Crippen molar-refractivity contribution in [2.45, 2.75) is 66.0 Å². The molecule has 0 aromatic carbocycles. The minimum Gasteiger partial charge on any atom is -0.394 e. The van der Waals surface area contributed by atoms with Gasteiger partial charge in [0.1, 0.15) is 0 Å². The third-order valence-electron chi connectivity index (χ3n) is 3.43. The summed E-state index contributed by atoms with van der Waals surface area (Å²) in [7, 11) is 0. The molecule has 0 saturated heterocycles. The van der Waals surface area contributed by atoms with Gasteiger partial charge in [-0.2, -0.15) is 0 Å². The Labute approximate surface area is 114 Å². The van der Waals surface area contributed by atoms with Crippen LogP contribution in [0.5, 0.6) is 0 Å². The van der Waals surface area contributed by atoms with E-state index in [1.165, 1.54) is 0 Å². The van der Waals surface area contributed by atoms with Crippen LogP contribution in [0, 0.1) is 5.92 Å². The zero-order valence-corrected chi connectivity index (χ0v) is 13.3. The maximum Gasteiger partial charge on any atom is 0.0611 e. The number of aliphatic hydroxyl groups excluding tert-OH is 1. The van der Waals surface area contributed by atoms with Crippen molar-refractivity contribution < 1.29 is 5.11 Å². The molecule has 0 bridgehead atoms. The second kappa shape index (κ2) is 8.89. The van der Waals surface area contributed by atoms with E-state index in [1.807, 2.05) is 0 Å². The average molecular weight is 258 g/mol. The van der Waals surface area contributed by atoms with Gasteiger partial charge in [0.05, 0.1) is 6.61 Å². The minimum atomic E-state index is -0.139. The molecule has 0 heterocycles. The van der Waals surface area contributed by atoms with Crippen LogP contribution in [0.2, 0.25) is 0 Å². The van der Waals surface area contributed by atoms with E-state index in [0.29, 0.717) is 12.0 Å². The van der Waals surface area contributed by atoms with Crippen LogP contribution in [0.25, 0.3) is 0 Å². The average Bonchev–Trinajstić information content (AvgIpc) is 2.31. The molecule has 0 saturated carbocycles. The Kier molecular flexibility index (Phi) is 8.83. The molecule has 18 heavy (non-hydrogen) atoms. The smallest absolute Gasteiger partial charge is 0.0611 e. The fraction of sp³-hybridized carbons (Fsp3) is 1.00. The van der Waals surface area contributed by atoms with Crippen LogP contribution in [0.1, 0.15) is 54.4 Å². The second-order valence-corrected chi connectivity index (χ2v) is 6.38. The normalized spacial score (nSPS) is 15.7. The molecular formula is C15H34N2O. The predicted molar refractivity (Wildman–Crippen MR) is 79.9 cm³/mol. The number of aliphatic hydroxyl groups is 1. The number of hydrogen-bond donors (Lipinski definition) is 2. The summed E-state index contributed by atoms with van der Waals surface area (Å²) in [5.41, 5.74) is -0.139. The molecule has 110 valence electrons. The largest absolute Gasteiger partial charge is 0.394 e. The van der Waals surface area contributed by atoms with Gasteiger partial charge in [0, 0.05) is 24.7 Å². The number of nitrogens with zero attached hydrogens (tertiary/aromatic N) is 1. The van der Waals surface area contributed by atoms with Crippen LogP contribution in [0.3, 0.4) is 0 Å². The summed E-state index contributed by atoms with van der Waals surface area (Å²) >= 11 is 0. The Balaban J connectivity index is 4.28. The van der Waals surface area contributed by atoms with Gasteiger partial charge < -0.3 is 15.3 Å². The minimum absolute atomic E-state index is 0.139. The zero-order valence-electron chi connectivity index (χ0n) is 13.3. The maximum atomic E-state index is 9.56. The molecule has 0 fully saturated rings. The summed E-state index contributed by atoms with van der Waals surface area (Å²) in [6.45, 7) is 16.7. The molecule has 0 radical (unpaired) electrons. The molecule has 0 aliphatic carbocycles. The van der Waals surface area contributed by atoms with Gasteiger partial charge in [-0.3, -0.25) is 0 Å². The van der Waals surface area contributed by atoms with E-state index in [1.54, 1.807) is 0 Å². The summed E-state index contributed by atoms with van der Waals surface area (Å²) in [6.07, 6.45) is 2.10. The van der Waals surface area contributed by atoms with E-state index < -0.39 is 0 Å². The van der Waals surface area contributed by atoms with Crippen molar-refractivity contribution >= 4 is 0 Å². The van der Waals surface area contributed by atoms with Crippen LogP contribution < -0.4 is 5.32 Å². The highest BCUT2D eigenvalue weighted by molar-refractivity contribution is 4.84. The first kappa shape index (κ1) is 17.9. The van der Waals surface area contributed by atoms with Gasteiger partial charge in [0.15, 0.2) is 0 Å². The van der Waals surface area contributed by atoms with Gasteiger partial charge in [0.2, 0.25) is 0 Å². The number of nitrogens with one attached hydrogen (secondary N) is 1. The second-order valence-electron chi connectivity index (χ2n) is 6.38. The van der Waals surface area contributed by atoms with Crippen LogP contribution in [0.15, 0.2) is 0 Å². The van der Waals surface area contributed by atoms with Crippen molar-refractivity contribution in [1.29, 1.82) is 0 Å². The van der Waals surface area contributed by atoms with E-state index in [4.69, 9.17) is 0 Å². The summed E-state index contributed by atoms with van der Waals surface area (Å²) in [4.78, 5) is 2.51. The molecular weight excluding hydrogens is 224 g/mol. The Morgan fingerprint density at radius 2 is 1.83 bits per heavy atom. The molecule has 3 nitrogen and oxygen atoms in total. The lowest BCUT2D eigenvalue weighted by Crippen LogP contribution is -2.49. The highest BCUT2D eigenvalue weighted by atomic mass is 16.3. The van der Waals surface area contributed by atoms with E-state index in [-0.39, 0.29) is 12.1 Å². The molecule has 1 unspecified atom stereocenters. The van der Waals surface area contributed by atoms with Crippen LogP contribution >= 0.6 is 0 Å². The topological polar surface area (TPSA) is 35.5 Å². The Morgan fingerprint density at radius 3 is 2.22 bits per heavy atom. The highest BCUT2D eigenvalue weighted by Gasteiger charge is 2.23. The van der Waals surface area contributed by atoms with Gasteiger partial charge in [-0.1, -0.05) is 20.8 Å². The first-order valence-corrected chi connectivity index (χ1v) is 7.44. The lowest BCUT2D eigenvalue weighted by molar-refractivity contribution is 0.128. The Hall–Kier alpha value is -0.120. The fourth-order valence-corrected chi connectivity index (χ4v) is 2.07. The fourth-order valence-electron chi connectivity index (χ4n) is 2.07. The quantitative estimate of drug-likeness (QED) is 0.632. The molecule has 3 heteroatoms. The molecule has 0 spiro atoms. The van der Waals surface area contributed by atoms with Gasteiger partial charge >= 0.3 is 0 Å². The number of rotatable bonds is 10. The van der Waals surface area contributed by atoms with E-state index in [9.17, 15) is 5.11 Å². The van der Waals surface area contributed by atoms with Gasteiger partial charge in [-0.15, -0.1) is 0 Å². The van der Waals surface area contributed by atoms with Crippen molar-refractivity contribution in [1.82, 2.24) is 10.2 Å². The first-order valence-electron chi connectivity index (χ1n) is 7.44. The third kappa shape index (κ3) is 7.34. The summed E-state index contributed by atoms with van der Waals surface area (Å²) < 4.78 is 0. The van der Waals surface area contributed by atoms with E-state index in [2.05, 4.69) is 51.8 Å². The van der Waals surface area contributed by atoms with Crippen LogP contribution in [0.4, 0.5) is 0 Å². The molecule has 0 aromatic rings. The lowest BCUT2D eigenvalue weighted by atomic mass is 9.97. The lowest BCUT2D eigenvalue weighted by Gasteiger charge is -2.34. The highest BCUT2D eigenvalue weighted by Crippen LogP contribution is 2.13. The Morgan fingerprint density at radius 1 is 1.22 bits per heavy atom. The van der Waals surface area contributed by atoms with Crippen LogP contribution in [-0.2, 0) is 0 Å². The van der Waals surface area contributed by atoms with Crippen molar-refractivity contribution in [3.05, 3.63) is 0 Å². The summed E-state index contributed by atoms with van der Waals surface area (Å²) in [5, 5.41) is 13.0. The van der Waals surface area contributed by atoms with E-state index in [0.717, 1.165) is 32.5 Å². The van der Waals surface area contributed by atoms with Crippen molar-refractivity contribution in [2.24, 2.45) is 5.92 Å². The zero-order chi connectivity index (χ0) is 14.2. The summed E-state index contributed by atoms with van der Waals surface area (Å²) in [6, 6.07) is 0.571.